The van der Waals surface area contributed by atoms with Crippen LogP contribution in [0.5, 0.6) is 0 Å². The first kappa shape index (κ1) is 16.5. The Kier molecular flexibility index (Phi) is 5.12. The Balaban J connectivity index is 1.82. The Morgan fingerprint density at radius 3 is 2.54 bits per heavy atom. The lowest BCUT2D eigenvalue weighted by molar-refractivity contribution is -0.118. The molecule has 0 N–H and O–H groups in total. The molecule has 2 atom stereocenters. The summed E-state index contributed by atoms with van der Waals surface area (Å²) in [4.78, 5) is 16.2. The van der Waals surface area contributed by atoms with Gasteiger partial charge in [-0.15, -0.1) is 11.8 Å². The number of nitrogens with zero attached hydrogens (tertiary/aromatic N) is 2. The average molecular weight is 334 g/mol. The van der Waals surface area contributed by atoms with Gasteiger partial charge in [-0.25, -0.2) is 4.99 Å². The number of aliphatic imine (C=N–C) groups is 1. The van der Waals surface area contributed by atoms with Crippen molar-refractivity contribution in [2.45, 2.75) is 25.0 Å². The number of aryl methyl sites for hydroxylation is 1. The number of amides is 1. The fraction of sp³-hybridized carbons (Fsp3) is 0.250. The van der Waals surface area contributed by atoms with Gasteiger partial charge in [-0.1, -0.05) is 60.2 Å². The number of carbonyl (C=O) groups is 1. The van der Waals surface area contributed by atoms with Gasteiger partial charge in [-0.2, -0.15) is 5.26 Å². The molecule has 1 amide bonds. The second kappa shape index (κ2) is 7.46. The largest absolute Gasteiger partial charge is 0.273 e. The van der Waals surface area contributed by atoms with Crippen molar-refractivity contribution in [1.82, 2.24) is 0 Å². The van der Waals surface area contributed by atoms with Gasteiger partial charge in [0.15, 0.2) is 0 Å². The van der Waals surface area contributed by atoms with Crippen molar-refractivity contribution in [2.24, 2.45) is 10.9 Å². The summed E-state index contributed by atoms with van der Waals surface area (Å²) in [7, 11) is 0. The van der Waals surface area contributed by atoms with Gasteiger partial charge in [0.05, 0.1) is 11.1 Å². The third-order valence-electron chi connectivity index (χ3n) is 4.17. The van der Waals surface area contributed by atoms with E-state index in [1.807, 2.05) is 61.5 Å². The molecule has 3 rings (SSSR count). The molecular formula is C20H18N2OS. The van der Waals surface area contributed by atoms with Crippen LogP contribution in [0, 0.1) is 24.2 Å². The molecule has 2 unspecified atom stereocenters. The van der Waals surface area contributed by atoms with Crippen LogP contribution in [0.4, 0.5) is 0 Å². The lowest BCUT2D eigenvalue weighted by Crippen LogP contribution is -2.27. The smallest absolute Gasteiger partial charge is 0.247 e. The van der Waals surface area contributed by atoms with Gasteiger partial charge in [0.25, 0.3) is 0 Å². The summed E-state index contributed by atoms with van der Waals surface area (Å²) in [5, 5.41) is 10.3. The van der Waals surface area contributed by atoms with Crippen molar-refractivity contribution in [2.75, 3.05) is 0 Å². The van der Waals surface area contributed by atoms with Gasteiger partial charge in [0, 0.05) is 18.1 Å². The highest BCUT2D eigenvalue weighted by Gasteiger charge is 2.34. The van der Waals surface area contributed by atoms with Crippen LogP contribution in [0.15, 0.2) is 59.6 Å². The fourth-order valence-electron chi connectivity index (χ4n) is 2.84. The van der Waals surface area contributed by atoms with Gasteiger partial charge >= 0.3 is 0 Å². The van der Waals surface area contributed by atoms with E-state index in [1.54, 1.807) is 0 Å². The van der Waals surface area contributed by atoms with E-state index in [0.717, 1.165) is 11.1 Å². The quantitative estimate of drug-likeness (QED) is 0.831. The first-order valence-electron chi connectivity index (χ1n) is 7.91. The number of thioether (sulfide) groups is 1. The van der Waals surface area contributed by atoms with Crippen LogP contribution in [-0.4, -0.2) is 11.0 Å². The van der Waals surface area contributed by atoms with E-state index >= 15 is 0 Å². The molecule has 0 bridgehead atoms. The molecule has 120 valence electrons. The molecule has 3 nitrogen and oxygen atoms in total. The van der Waals surface area contributed by atoms with E-state index in [9.17, 15) is 10.1 Å². The summed E-state index contributed by atoms with van der Waals surface area (Å²) in [5.74, 6) is 0.104. The zero-order chi connectivity index (χ0) is 16.9. The molecular weight excluding hydrogens is 316 g/mol. The van der Waals surface area contributed by atoms with Crippen molar-refractivity contribution in [1.29, 1.82) is 5.26 Å². The molecule has 1 aliphatic heterocycles. The number of benzene rings is 2. The lowest BCUT2D eigenvalue weighted by atomic mass is 9.83. The predicted molar refractivity (Wildman–Crippen MR) is 97.8 cm³/mol. The SMILES string of the molecule is Cc1ccc(C2CC(=O)N=C(SCc3ccccc3)C2C#N)cc1. The Hall–Kier alpha value is -2.38. The molecule has 0 aliphatic carbocycles. The van der Waals surface area contributed by atoms with Crippen LogP contribution in [0.2, 0.25) is 0 Å². The van der Waals surface area contributed by atoms with Crippen LogP contribution < -0.4 is 0 Å². The molecule has 2 aromatic carbocycles. The predicted octanol–water partition coefficient (Wildman–Crippen LogP) is 4.48. The average Bonchev–Trinajstić information content (AvgIpc) is 2.61. The van der Waals surface area contributed by atoms with E-state index in [4.69, 9.17) is 0 Å². The topological polar surface area (TPSA) is 53.2 Å². The molecule has 1 aliphatic rings. The van der Waals surface area contributed by atoms with Crippen LogP contribution >= 0.6 is 11.8 Å². The van der Waals surface area contributed by atoms with E-state index in [-0.39, 0.29) is 17.7 Å². The molecule has 0 saturated heterocycles. The Morgan fingerprint density at radius 2 is 1.88 bits per heavy atom. The van der Waals surface area contributed by atoms with Gasteiger partial charge in [0.2, 0.25) is 5.91 Å². The first-order valence-corrected chi connectivity index (χ1v) is 8.90. The van der Waals surface area contributed by atoms with Crippen LogP contribution in [0.25, 0.3) is 0 Å². The number of rotatable bonds is 3. The first-order chi connectivity index (χ1) is 11.7. The van der Waals surface area contributed by atoms with E-state index in [0.29, 0.717) is 17.2 Å². The number of nitriles is 1. The van der Waals surface area contributed by atoms with Crippen LogP contribution in [-0.2, 0) is 10.5 Å². The minimum atomic E-state index is -0.362. The van der Waals surface area contributed by atoms with E-state index in [2.05, 4.69) is 11.1 Å². The van der Waals surface area contributed by atoms with Gasteiger partial charge in [-0.3, -0.25) is 4.79 Å². The van der Waals surface area contributed by atoms with Crippen LogP contribution in [0.1, 0.15) is 29.0 Å². The summed E-state index contributed by atoms with van der Waals surface area (Å²) >= 11 is 1.50. The second-order valence-corrected chi connectivity index (χ2v) is 6.94. The van der Waals surface area contributed by atoms with Crippen molar-refractivity contribution >= 4 is 22.7 Å². The highest BCUT2D eigenvalue weighted by molar-refractivity contribution is 8.13. The van der Waals surface area contributed by atoms with Crippen molar-refractivity contribution in [3.8, 4) is 6.07 Å². The summed E-state index contributed by atoms with van der Waals surface area (Å²) in [5.41, 5.74) is 3.36. The highest BCUT2D eigenvalue weighted by atomic mass is 32.2. The fourth-order valence-corrected chi connectivity index (χ4v) is 3.91. The van der Waals surface area contributed by atoms with Gasteiger partial charge in [-0.05, 0) is 18.1 Å². The Labute approximate surface area is 146 Å². The van der Waals surface area contributed by atoms with Crippen molar-refractivity contribution < 1.29 is 4.79 Å². The molecule has 0 spiro atoms. The molecule has 4 heteroatoms. The van der Waals surface area contributed by atoms with Gasteiger partial charge in [0.1, 0.15) is 5.92 Å². The number of hydrogen-bond donors (Lipinski definition) is 0. The standard InChI is InChI=1S/C20H18N2OS/c1-14-7-9-16(10-8-14)17-11-19(23)22-20(18(17)12-21)24-13-15-5-3-2-4-6-15/h2-10,17-18H,11,13H2,1H3. The minimum absolute atomic E-state index is 0.112. The van der Waals surface area contributed by atoms with E-state index in [1.165, 1.54) is 17.3 Å². The Bertz CT molecular complexity index is 791. The highest BCUT2D eigenvalue weighted by Crippen LogP contribution is 2.36. The lowest BCUT2D eigenvalue weighted by Gasteiger charge is -2.26. The monoisotopic (exact) mass is 334 g/mol. The summed E-state index contributed by atoms with van der Waals surface area (Å²) in [6.07, 6.45) is 0.302. The number of hydrogen-bond acceptors (Lipinski definition) is 3. The molecule has 0 saturated carbocycles. The third-order valence-corrected chi connectivity index (χ3v) is 5.29. The minimum Gasteiger partial charge on any atom is -0.273 e. The number of carbonyl (C=O) groups excluding carboxylic acids is 1. The second-order valence-electron chi connectivity index (χ2n) is 5.95. The van der Waals surface area contributed by atoms with Crippen molar-refractivity contribution in [3.63, 3.8) is 0 Å². The summed E-state index contributed by atoms with van der Waals surface area (Å²) in [6, 6.07) is 20.5. The summed E-state index contributed by atoms with van der Waals surface area (Å²) < 4.78 is 0. The molecule has 0 radical (unpaired) electrons. The maximum Gasteiger partial charge on any atom is 0.247 e. The zero-order valence-corrected chi connectivity index (χ0v) is 14.3. The molecule has 1 heterocycles. The van der Waals surface area contributed by atoms with Crippen molar-refractivity contribution in [3.05, 3.63) is 71.3 Å². The third kappa shape index (κ3) is 3.74. The van der Waals surface area contributed by atoms with Gasteiger partial charge < -0.3 is 0 Å². The van der Waals surface area contributed by atoms with Crippen LogP contribution in [0.3, 0.4) is 0 Å². The van der Waals surface area contributed by atoms with E-state index < -0.39 is 0 Å². The molecule has 0 fully saturated rings. The molecule has 0 aromatic heterocycles. The zero-order valence-electron chi connectivity index (χ0n) is 13.5. The maximum absolute atomic E-state index is 12.1. The molecule has 24 heavy (non-hydrogen) atoms. The summed E-state index contributed by atoms with van der Waals surface area (Å²) in [6.45, 7) is 2.03. The normalized spacial score (nSPS) is 20.3. The maximum atomic E-state index is 12.1. The molecule has 2 aromatic rings. The Morgan fingerprint density at radius 1 is 1.17 bits per heavy atom.